The Bertz CT molecular complexity index is 938. The number of aryl methyl sites for hydroxylation is 2. The predicted molar refractivity (Wildman–Crippen MR) is 101 cm³/mol. The minimum Gasteiger partial charge on any atom is -0.317 e. The van der Waals surface area contributed by atoms with Gasteiger partial charge < -0.3 is 4.57 Å². The van der Waals surface area contributed by atoms with Crippen LogP contribution in [-0.2, 0) is 24.2 Å². The van der Waals surface area contributed by atoms with Crippen LogP contribution in [0.25, 0.3) is 10.2 Å². The quantitative estimate of drug-likeness (QED) is 0.670. The van der Waals surface area contributed by atoms with E-state index in [0.29, 0.717) is 11.4 Å². The molecule has 3 nitrogen and oxygen atoms in total. The lowest BCUT2D eigenvalue weighted by atomic mass is 10.1. The molecule has 2 aromatic carbocycles. The van der Waals surface area contributed by atoms with Crippen LogP contribution in [0.15, 0.2) is 47.5 Å². The number of hydrogen-bond acceptors (Lipinski definition) is 2. The molecule has 1 heterocycles. The summed E-state index contributed by atoms with van der Waals surface area (Å²) >= 11 is 7.56. The Morgan fingerprint density at radius 3 is 2.50 bits per heavy atom. The molecular weight excluding hydrogens is 340 g/mol. The third-order valence-electron chi connectivity index (χ3n) is 3.97. The highest BCUT2D eigenvalue weighted by atomic mass is 35.5. The summed E-state index contributed by atoms with van der Waals surface area (Å²) in [5, 5.41) is 0.695. The SMILES string of the molecule is CCc1ccc(CC(=O)N=c2sc3cc(Cl)ccc3n2CC)cc1. The number of aromatic nitrogens is 1. The lowest BCUT2D eigenvalue weighted by Gasteiger charge is -2.01. The second kappa shape index (κ2) is 7.32. The van der Waals surface area contributed by atoms with Crippen LogP contribution >= 0.6 is 22.9 Å². The Morgan fingerprint density at radius 1 is 1.12 bits per heavy atom. The van der Waals surface area contributed by atoms with Crippen LogP contribution in [0.1, 0.15) is 25.0 Å². The summed E-state index contributed by atoms with van der Waals surface area (Å²) in [4.78, 5) is 17.4. The molecule has 0 fully saturated rings. The van der Waals surface area contributed by atoms with Crippen molar-refractivity contribution in [3.8, 4) is 0 Å². The molecule has 0 aliphatic heterocycles. The van der Waals surface area contributed by atoms with Gasteiger partial charge in [-0.15, -0.1) is 0 Å². The fourth-order valence-electron chi connectivity index (χ4n) is 2.65. The molecular formula is C19H19ClN2OS. The number of thiazole rings is 1. The molecule has 0 saturated carbocycles. The van der Waals surface area contributed by atoms with Gasteiger partial charge in [-0.3, -0.25) is 4.79 Å². The molecule has 3 rings (SSSR count). The number of halogens is 1. The minimum absolute atomic E-state index is 0.126. The molecule has 0 atom stereocenters. The predicted octanol–water partition coefficient (Wildman–Crippen LogP) is 4.61. The first-order chi connectivity index (χ1) is 11.6. The molecule has 0 aliphatic rings. The first kappa shape index (κ1) is 16.9. The number of fused-ring (bicyclic) bond motifs is 1. The van der Waals surface area contributed by atoms with Gasteiger partial charge in [0.15, 0.2) is 4.80 Å². The normalized spacial score (nSPS) is 12.0. The van der Waals surface area contributed by atoms with Gasteiger partial charge >= 0.3 is 0 Å². The minimum atomic E-state index is -0.126. The van der Waals surface area contributed by atoms with Crippen LogP contribution in [0.5, 0.6) is 0 Å². The first-order valence-corrected chi connectivity index (χ1v) is 9.24. The lowest BCUT2D eigenvalue weighted by molar-refractivity contribution is -0.117. The number of hydrogen-bond donors (Lipinski definition) is 0. The van der Waals surface area contributed by atoms with Crippen LogP contribution in [0.4, 0.5) is 0 Å². The molecule has 3 aromatic rings. The summed E-state index contributed by atoms with van der Waals surface area (Å²) in [6, 6.07) is 13.9. The van der Waals surface area contributed by atoms with E-state index in [-0.39, 0.29) is 5.91 Å². The molecule has 0 N–H and O–H groups in total. The maximum Gasteiger partial charge on any atom is 0.252 e. The zero-order chi connectivity index (χ0) is 17.1. The molecule has 24 heavy (non-hydrogen) atoms. The highest BCUT2D eigenvalue weighted by Gasteiger charge is 2.08. The van der Waals surface area contributed by atoms with Crippen LogP contribution in [0.2, 0.25) is 5.02 Å². The van der Waals surface area contributed by atoms with Gasteiger partial charge in [0.2, 0.25) is 0 Å². The average molecular weight is 359 g/mol. The van der Waals surface area contributed by atoms with Crippen molar-refractivity contribution in [2.75, 3.05) is 0 Å². The van der Waals surface area contributed by atoms with Crippen molar-refractivity contribution < 1.29 is 4.79 Å². The maximum absolute atomic E-state index is 12.3. The van der Waals surface area contributed by atoms with Gasteiger partial charge in [-0.2, -0.15) is 4.99 Å². The van der Waals surface area contributed by atoms with Crippen molar-refractivity contribution >= 4 is 39.1 Å². The van der Waals surface area contributed by atoms with Gasteiger partial charge in [0.25, 0.3) is 5.91 Å². The van der Waals surface area contributed by atoms with E-state index in [2.05, 4.69) is 28.6 Å². The Balaban J connectivity index is 1.91. The summed E-state index contributed by atoms with van der Waals surface area (Å²) in [6.45, 7) is 4.93. The number of amides is 1. The second-order valence-corrected chi connectivity index (χ2v) is 7.04. The zero-order valence-corrected chi connectivity index (χ0v) is 15.3. The van der Waals surface area contributed by atoms with Gasteiger partial charge in [-0.25, -0.2) is 0 Å². The number of benzene rings is 2. The first-order valence-electron chi connectivity index (χ1n) is 8.05. The summed E-state index contributed by atoms with van der Waals surface area (Å²) in [5.74, 6) is -0.126. The third kappa shape index (κ3) is 3.60. The van der Waals surface area contributed by atoms with Crippen LogP contribution in [0, 0.1) is 0 Å². The molecule has 0 radical (unpaired) electrons. The Hall–Kier alpha value is -1.91. The molecule has 5 heteroatoms. The summed E-state index contributed by atoms with van der Waals surface area (Å²) in [6.07, 6.45) is 1.32. The molecule has 1 amide bonds. The van der Waals surface area contributed by atoms with Gasteiger partial charge in [-0.05, 0) is 42.7 Å². The topological polar surface area (TPSA) is 34.4 Å². The molecule has 0 saturated heterocycles. The summed E-state index contributed by atoms with van der Waals surface area (Å²) in [7, 11) is 0. The largest absolute Gasteiger partial charge is 0.317 e. The molecule has 0 aliphatic carbocycles. The van der Waals surface area contributed by atoms with E-state index in [1.54, 1.807) is 0 Å². The van der Waals surface area contributed by atoms with E-state index in [9.17, 15) is 4.79 Å². The van der Waals surface area contributed by atoms with Gasteiger partial charge in [0.05, 0.1) is 16.6 Å². The molecule has 1 aromatic heterocycles. The van der Waals surface area contributed by atoms with Crippen LogP contribution < -0.4 is 4.80 Å². The van der Waals surface area contributed by atoms with Gasteiger partial charge in [0.1, 0.15) is 0 Å². The fraction of sp³-hybridized carbons (Fsp3) is 0.263. The van der Waals surface area contributed by atoms with Crippen molar-refractivity contribution in [3.05, 3.63) is 63.4 Å². The van der Waals surface area contributed by atoms with E-state index in [0.717, 1.165) is 33.5 Å². The third-order valence-corrected chi connectivity index (χ3v) is 5.24. The van der Waals surface area contributed by atoms with Gasteiger partial charge in [0, 0.05) is 11.6 Å². The molecule has 124 valence electrons. The highest BCUT2D eigenvalue weighted by Crippen LogP contribution is 2.21. The summed E-state index contributed by atoms with van der Waals surface area (Å²) in [5.41, 5.74) is 3.33. The average Bonchev–Trinajstić information content (AvgIpc) is 2.91. The molecule has 0 spiro atoms. The molecule has 0 bridgehead atoms. The van der Waals surface area contributed by atoms with E-state index in [4.69, 9.17) is 11.6 Å². The Morgan fingerprint density at radius 2 is 1.83 bits per heavy atom. The van der Waals surface area contributed by atoms with Crippen molar-refractivity contribution in [2.45, 2.75) is 33.2 Å². The molecule has 0 unspecified atom stereocenters. The van der Waals surface area contributed by atoms with Crippen LogP contribution in [-0.4, -0.2) is 10.5 Å². The van der Waals surface area contributed by atoms with E-state index in [1.165, 1.54) is 16.9 Å². The van der Waals surface area contributed by atoms with Gasteiger partial charge in [-0.1, -0.05) is 54.1 Å². The maximum atomic E-state index is 12.3. The number of rotatable bonds is 4. The van der Waals surface area contributed by atoms with Crippen LogP contribution in [0.3, 0.4) is 0 Å². The Labute approximate surface area is 150 Å². The number of carbonyl (C=O) groups excluding carboxylic acids is 1. The zero-order valence-electron chi connectivity index (χ0n) is 13.8. The van der Waals surface area contributed by atoms with E-state index < -0.39 is 0 Å². The fourth-order valence-corrected chi connectivity index (χ4v) is 4.04. The van der Waals surface area contributed by atoms with Crippen molar-refractivity contribution in [1.29, 1.82) is 0 Å². The lowest BCUT2D eigenvalue weighted by Crippen LogP contribution is -2.16. The van der Waals surface area contributed by atoms with E-state index in [1.807, 2.05) is 37.3 Å². The smallest absolute Gasteiger partial charge is 0.252 e. The second-order valence-electron chi connectivity index (χ2n) is 5.59. The standard InChI is InChI=1S/C19H19ClN2OS/c1-3-13-5-7-14(8-6-13)11-18(23)21-19-22(4-2)16-10-9-15(20)12-17(16)24-19/h5-10,12H,3-4,11H2,1-2H3. The highest BCUT2D eigenvalue weighted by molar-refractivity contribution is 7.16. The van der Waals surface area contributed by atoms with Crippen molar-refractivity contribution in [3.63, 3.8) is 0 Å². The van der Waals surface area contributed by atoms with E-state index >= 15 is 0 Å². The number of nitrogens with zero attached hydrogens (tertiary/aromatic N) is 2. The van der Waals surface area contributed by atoms with Crippen molar-refractivity contribution in [2.24, 2.45) is 4.99 Å². The van der Waals surface area contributed by atoms with Crippen molar-refractivity contribution in [1.82, 2.24) is 4.57 Å². The summed E-state index contributed by atoms with van der Waals surface area (Å²) < 4.78 is 3.09. The monoisotopic (exact) mass is 358 g/mol. The number of carbonyl (C=O) groups is 1. The Kier molecular flexibility index (Phi) is 5.17.